The van der Waals surface area contributed by atoms with Crippen LogP contribution in [0.4, 0.5) is 13.2 Å². The molecule has 5 nitrogen and oxygen atoms in total. The van der Waals surface area contributed by atoms with Gasteiger partial charge in [-0.15, -0.1) is 0 Å². The van der Waals surface area contributed by atoms with Crippen LogP contribution in [0.15, 0.2) is 84.6 Å². The number of hydrogen-bond donors (Lipinski definition) is 2. The van der Waals surface area contributed by atoms with E-state index in [1.165, 1.54) is 18.2 Å². The first-order valence-corrected chi connectivity index (χ1v) is 8.99. The van der Waals surface area contributed by atoms with E-state index in [0.717, 1.165) is 18.2 Å². The summed E-state index contributed by atoms with van der Waals surface area (Å²) in [5, 5.41) is 11.5. The van der Waals surface area contributed by atoms with Crippen LogP contribution in [-0.4, -0.2) is 17.0 Å². The number of amides is 1. The van der Waals surface area contributed by atoms with Gasteiger partial charge in [0.1, 0.15) is 17.2 Å². The average molecular weight is 427 g/mol. The van der Waals surface area contributed by atoms with Crippen LogP contribution in [0.2, 0.25) is 0 Å². The molecule has 0 fully saturated rings. The molecular formula is C23H16F3NO4. The normalized spacial score (nSPS) is 11.6. The van der Waals surface area contributed by atoms with Gasteiger partial charge in [0.25, 0.3) is 5.91 Å². The predicted octanol–water partition coefficient (Wildman–Crippen LogP) is 5.35. The second-order valence-corrected chi connectivity index (χ2v) is 6.35. The zero-order valence-electron chi connectivity index (χ0n) is 15.9. The molecule has 3 rings (SSSR count). The van der Waals surface area contributed by atoms with Crippen LogP contribution in [0.25, 0.3) is 6.08 Å². The van der Waals surface area contributed by atoms with E-state index < -0.39 is 34.9 Å². The first-order valence-electron chi connectivity index (χ1n) is 8.99. The molecule has 3 aromatic carbocycles. The monoisotopic (exact) mass is 427 g/mol. The van der Waals surface area contributed by atoms with E-state index >= 15 is 0 Å². The van der Waals surface area contributed by atoms with Crippen LogP contribution < -0.4 is 10.1 Å². The van der Waals surface area contributed by atoms with Gasteiger partial charge in [-0.25, -0.2) is 4.79 Å². The molecule has 0 saturated carbocycles. The lowest BCUT2D eigenvalue weighted by Gasteiger charge is -2.14. The number of alkyl halides is 3. The number of ether oxygens (including phenoxy) is 1. The fourth-order valence-electron chi connectivity index (χ4n) is 2.69. The molecule has 0 aliphatic heterocycles. The molecule has 0 heterocycles. The van der Waals surface area contributed by atoms with Crippen LogP contribution in [0.5, 0.6) is 11.5 Å². The highest BCUT2D eigenvalue weighted by Gasteiger charge is 2.34. The molecule has 2 N–H and O–H groups in total. The third-order valence-corrected chi connectivity index (χ3v) is 4.12. The van der Waals surface area contributed by atoms with E-state index in [1.54, 1.807) is 48.5 Å². The molecular weight excluding hydrogens is 411 g/mol. The van der Waals surface area contributed by atoms with Gasteiger partial charge in [-0.05, 0) is 48.0 Å². The molecule has 158 valence electrons. The van der Waals surface area contributed by atoms with Gasteiger partial charge >= 0.3 is 12.1 Å². The highest BCUT2D eigenvalue weighted by molar-refractivity contribution is 6.02. The van der Waals surface area contributed by atoms with Gasteiger partial charge in [0, 0.05) is 5.56 Å². The Kier molecular flexibility index (Phi) is 6.40. The van der Waals surface area contributed by atoms with E-state index in [0.29, 0.717) is 5.75 Å². The van der Waals surface area contributed by atoms with E-state index in [4.69, 9.17) is 4.74 Å². The quantitative estimate of drug-likeness (QED) is 0.520. The largest absolute Gasteiger partial charge is 0.477 e. The summed E-state index contributed by atoms with van der Waals surface area (Å²) in [7, 11) is 0. The van der Waals surface area contributed by atoms with E-state index in [9.17, 15) is 27.9 Å². The summed E-state index contributed by atoms with van der Waals surface area (Å²) in [6.07, 6.45) is -4.02. The van der Waals surface area contributed by atoms with E-state index in [-0.39, 0.29) is 11.3 Å². The standard InChI is InChI=1S/C23H16F3NO4/c24-23(25,26)19-14-18(31-17-9-5-2-6-10-17)12-11-16(19)13-20(22(29)30)27-21(28)15-7-3-1-4-8-15/h1-14H,(H,27,28)(H,29,30)/b20-13-. The summed E-state index contributed by atoms with van der Waals surface area (Å²) in [6, 6.07) is 19.1. The molecule has 0 atom stereocenters. The smallest absolute Gasteiger partial charge is 0.417 e. The van der Waals surface area contributed by atoms with Gasteiger partial charge in [-0.2, -0.15) is 13.2 Å². The van der Waals surface area contributed by atoms with Crippen LogP contribution in [-0.2, 0) is 11.0 Å². The summed E-state index contributed by atoms with van der Waals surface area (Å²) >= 11 is 0. The molecule has 0 unspecified atom stereocenters. The molecule has 0 radical (unpaired) electrons. The minimum Gasteiger partial charge on any atom is -0.477 e. The molecule has 1 amide bonds. The minimum atomic E-state index is -4.78. The molecule has 31 heavy (non-hydrogen) atoms. The predicted molar refractivity (Wildman–Crippen MR) is 107 cm³/mol. The summed E-state index contributed by atoms with van der Waals surface area (Å²) in [4.78, 5) is 23.8. The third kappa shape index (κ3) is 5.72. The third-order valence-electron chi connectivity index (χ3n) is 4.12. The Hall–Kier alpha value is -4.07. The van der Waals surface area contributed by atoms with Gasteiger partial charge < -0.3 is 15.2 Å². The van der Waals surface area contributed by atoms with Gasteiger partial charge in [-0.1, -0.05) is 42.5 Å². The number of para-hydroxylation sites is 1. The van der Waals surface area contributed by atoms with Gasteiger partial charge in [-0.3, -0.25) is 4.79 Å². The molecule has 0 aromatic heterocycles. The van der Waals surface area contributed by atoms with Crippen molar-refractivity contribution in [2.75, 3.05) is 0 Å². The Bertz CT molecular complexity index is 1110. The number of hydrogen-bond acceptors (Lipinski definition) is 3. The Morgan fingerprint density at radius 3 is 2.06 bits per heavy atom. The highest BCUT2D eigenvalue weighted by atomic mass is 19.4. The number of aliphatic carboxylic acids is 1. The van der Waals surface area contributed by atoms with E-state index in [1.807, 2.05) is 0 Å². The van der Waals surface area contributed by atoms with Crippen LogP contribution in [0.1, 0.15) is 21.5 Å². The Labute approximate surface area is 175 Å². The van der Waals surface area contributed by atoms with Crippen molar-refractivity contribution in [2.45, 2.75) is 6.18 Å². The summed E-state index contributed by atoms with van der Waals surface area (Å²) in [5.41, 5.74) is -2.07. The molecule has 0 saturated heterocycles. The topological polar surface area (TPSA) is 75.6 Å². The second-order valence-electron chi connectivity index (χ2n) is 6.35. The lowest BCUT2D eigenvalue weighted by Crippen LogP contribution is -2.27. The number of rotatable bonds is 6. The molecule has 3 aromatic rings. The Balaban J connectivity index is 1.95. The average Bonchev–Trinajstić information content (AvgIpc) is 2.74. The number of carbonyl (C=O) groups is 2. The molecule has 8 heteroatoms. The zero-order valence-corrected chi connectivity index (χ0v) is 15.9. The minimum absolute atomic E-state index is 0.0686. The van der Waals surface area contributed by atoms with Crippen molar-refractivity contribution in [3.8, 4) is 11.5 Å². The van der Waals surface area contributed by atoms with Crippen molar-refractivity contribution in [3.63, 3.8) is 0 Å². The van der Waals surface area contributed by atoms with Crippen molar-refractivity contribution in [3.05, 3.63) is 101 Å². The molecule has 0 aliphatic rings. The van der Waals surface area contributed by atoms with Crippen LogP contribution in [0, 0.1) is 0 Å². The van der Waals surface area contributed by atoms with Gasteiger partial charge in [0.05, 0.1) is 5.56 Å². The summed E-state index contributed by atoms with van der Waals surface area (Å²) < 4.78 is 46.3. The maximum atomic E-state index is 13.6. The SMILES string of the molecule is O=C(O)/C(=C/c1ccc(Oc2ccccc2)cc1C(F)(F)F)NC(=O)c1ccccc1. The fourth-order valence-corrected chi connectivity index (χ4v) is 2.69. The first-order chi connectivity index (χ1) is 14.7. The number of nitrogens with one attached hydrogen (secondary N) is 1. The van der Waals surface area contributed by atoms with Crippen LogP contribution >= 0.6 is 0 Å². The summed E-state index contributed by atoms with van der Waals surface area (Å²) in [5.74, 6) is -2.06. The molecule has 0 aliphatic carbocycles. The number of carboxylic acids is 1. The van der Waals surface area contributed by atoms with Crippen LogP contribution in [0.3, 0.4) is 0 Å². The molecule has 0 bridgehead atoms. The van der Waals surface area contributed by atoms with Gasteiger partial charge in [0.15, 0.2) is 0 Å². The van der Waals surface area contributed by atoms with Crippen molar-refractivity contribution in [1.29, 1.82) is 0 Å². The number of carbonyl (C=O) groups excluding carboxylic acids is 1. The zero-order chi connectivity index (χ0) is 22.4. The fraction of sp³-hybridized carbons (Fsp3) is 0.0435. The van der Waals surface area contributed by atoms with Crippen molar-refractivity contribution in [1.82, 2.24) is 5.32 Å². The molecule has 0 spiro atoms. The van der Waals surface area contributed by atoms with E-state index in [2.05, 4.69) is 5.32 Å². The lowest BCUT2D eigenvalue weighted by atomic mass is 10.0. The van der Waals surface area contributed by atoms with Crippen molar-refractivity contribution >= 4 is 18.0 Å². The Morgan fingerprint density at radius 1 is 0.871 bits per heavy atom. The highest BCUT2D eigenvalue weighted by Crippen LogP contribution is 2.36. The summed E-state index contributed by atoms with van der Waals surface area (Å²) in [6.45, 7) is 0. The first kappa shape index (κ1) is 21.6. The number of carboxylic acid groups (broad SMARTS) is 1. The number of halogens is 3. The maximum Gasteiger partial charge on any atom is 0.417 e. The number of benzene rings is 3. The van der Waals surface area contributed by atoms with Crippen molar-refractivity contribution in [2.24, 2.45) is 0 Å². The lowest BCUT2D eigenvalue weighted by molar-refractivity contribution is -0.138. The Morgan fingerprint density at radius 2 is 1.48 bits per heavy atom. The second kappa shape index (κ2) is 9.17. The van der Waals surface area contributed by atoms with Gasteiger partial charge in [0.2, 0.25) is 0 Å². The maximum absolute atomic E-state index is 13.6. The van der Waals surface area contributed by atoms with Crippen molar-refractivity contribution < 1.29 is 32.6 Å².